The molecule has 2 fully saturated rings. The number of nitrogens with zero attached hydrogens (tertiary/aromatic N) is 3. The van der Waals surface area contributed by atoms with Crippen molar-refractivity contribution in [1.29, 1.82) is 0 Å². The van der Waals surface area contributed by atoms with Crippen LogP contribution in [0, 0.1) is 0 Å². The van der Waals surface area contributed by atoms with Gasteiger partial charge in [-0.1, -0.05) is 19.8 Å². The van der Waals surface area contributed by atoms with Crippen LogP contribution >= 0.6 is 0 Å². The Bertz CT molecular complexity index is 551. The summed E-state index contributed by atoms with van der Waals surface area (Å²) in [6.07, 6.45) is 5.30. The largest absolute Gasteiger partial charge is 0.387 e. The van der Waals surface area contributed by atoms with Crippen molar-refractivity contribution in [3.63, 3.8) is 0 Å². The van der Waals surface area contributed by atoms with Gasteiger partial charge < -0.3 is 14.7 Å². The SMILES string of the molecule is CCCCC1(O)COC2(CN(C(=O)c3ccn(CC)n3)C2)C1. The van der Waals surface area contributed by atoms with Crippen LogP contribution in [-0.2, 0) is 11.3 Å². The highest BCUT2D eigenvalue weighted by Crippen LogP contribution is 2.42. The van der Waals surface area contributed by atoms with Crippen molar-refractivity contribution in [1.82, 2.24) is 14.7 Å². The summed E-state index contributed by atoms with van der Waals surface area (Å²) in [4.78, 5) is 14.1. The highest BCUT2D eigenvalue weighted by molar-refractivity contribution is 5.93. The summed E-state index contributed by atoms with van der Waals surface area (Å²) in [6, 6.07) is 1.75. The molecular formula is C16H25N3O3. The molecule has 3 rings (SSSR count). The molecule has 0 radical (unpaired) electrons. The van der Waals surface area contributed by atoms with E-state index in [2.05, 4.69) is 12.0 Å². The van der Waals surface area contributed by atoms with E-state index >= 15 is 0 Å². The van der Waals surface area contributed by atoms with E-state index in [1.54, 1.807) is 15.6 Å². The molecule has 1 aromatic heterocycles. The summed E-state index contributed by atoms with van der Waals surface area (Å²) >= 11 is 0. The lowest BCUT2D eigenvalue weighted by molar-refractivity contribution is -0.0957. The number of aliphatic hydroxyl groups is 1. The summed E-state index contributed by atoms with van der Waals surface area (Å²) in [5, 5.41) is 14.8. The predicted octanol–water partition coefficient (Wildman–Crippen LogP) is 1.44. The molecule has 1 N–H and O–H groups in total. The molecule has 0 aromatic carbocycles. The second kappa shape index (κ2) is 5.66. The summed E-state index contributed by atoms with van der Waals surface area (Å²) in [6.45, 7) is 6.36. The third-order valence-electron chi connectivity index (χ3n) is 4.72. The van der Waals surface area contributed by atoms with Crippen LogP contribution in [0.1, 0.15) is 50.0 Å². The molecule has 122 valence electrons. The van der Waals surface area contributed by atoms with Gasteiger partial charge in [0.25, 0.3) is 5.91 Å². The quantitative estimate of drug-likeness (QED) is 0.894. The van der Waals surface area contributed by atoms with Crippen LogP contribution in [0.4, 0.5) is 0 Å². The average Bonchev–Trinajstić information content (AvgIpc) is 3.08. The Morgan fingerprint density at radius 2 is 2.23 bits per heavy atom. The molecule has 1 aromatic rings. The van der Waals surface area contributed by atoms with Gasteiger partial charge in [0.1, 0.15) is 11.3 Å². The second-order valence-corrected chi connectivity index (χ2v) is 6.69. The van der Waals surface area contributed by atoms with Crippen LogP contribution < -0.4 is 0 Å². The summed E-state index contributed by atoms with van der Waals surface area (Å²) in [5.74, 6) is -0.0505. The number of unbranched alkanes of at least 4 members (excludes halogenated alkanes) is 1. The minimum atomic E-state index is -0.713. The van der Waals surface area contributed by atoms with Gasteiger partial charge in [-0.15, -0.1) is 0 Å². The van der Waals surface area contributed by atoms with Crippen LogP contribution in [0.15, 0.2) is 12.3 Å². The van der Waals surface area contributed by atoms with Crippen LogP contribution in [-0.4, -0.2) is 56.6 Å². The van der Waals surface area contributed by atoms with E-state index in [4.69, 9.17) is 4.74 Å². The van der Waals surface area contributed by atoms with Crippen molar-refractivity contribution < 1.29 is 14.6 Å². The van der Waals surface area contributed by atoms with E-state index in [0.717, 1.165) is 25.8 Å². The Morgan fingerprint density at radius 3 is 2.86 bits per heavy atom. The van der Waals surface area contributed by atoms with Gasteiger partial charge in [-0.2, -0.15) is 5.10 Å². The highest BCUT2D eigenvalue weighted by atomic mass is 16.5. The molecule has 2 saturated heterocycles. The van der Waals surface area contributed by atoms with E-state index in [9.17, 15) is 9.90 Å². The first kappa shape index (κ1) is 15.5. The number of hydrogen-bond donors (Lipinski definition) is 1. The van der Waals surface area contributed by atoms with Gasteiger partial charge >= 0.3 is 0 Å². The van der Waals surface area contributed by atoms with Crippen LogP contribution in [0.2, 0.25) is 0 Å². The molecule has 6 nitrogen and oxygen atoms in total. The normalized spacial score (nSPS) is 26.4. The molecular weight excluding hydrogens is 282 g/mol. The molecule has 2 aliphatic heterocycles. The van der Waals surface area contributed by atoms with Crippen molar-refractivity contribution in [3.05, 3.63) is 18.0 Å². The van der Waals surface area contributed by atoms with Crippen molar-refractivity contribution in [2.75, 3.05) is 19.7 Å². The Morgan fingerprint density at radius 1 is 1.45 bits per heavy atom. The number of aromatic nitrogens is 2. The van der Waals surface area contributed by atoms with Crippen molar-refractivity contribution in [2.45, 2.75) is 57.3 Å². The predicted molar refractivity (Wildman–Crippen MR) is 81.6 cm³/mol. The minimum Gasteiger partial charge on any atom is -0.387 e. The zero-order valence-electron chi connectivity index (χ0n) is 13.4. The first-order valence-corrected chi connectivity index (χ1v) is 8.18. The molecule has 1 amide bonds. The maximum atomic E-state index is 12.4. The van der Waals surface area contributed by atoms with E-state index < -0.39 is 5.60 Å². The Balaban J connectivity index is 1.56. The number of amides is 1. The Labute approximate surface area is 131 Å². The number of carbonyl (C=O) groups is 1. The summed E-state index contributed by atoms with van der Waals surface area (Å²) in [5.41, 5.74) is -0.573. The van der Waals surface area contributed by atoms with Gasteiger partial charge in [0.05, 0.1) is 25.3 Å². The molecule has 1 spiro atoms. The lowest BCUT2D eigenvalue weighted by atomic mass is 9.82. The average molecular weight is 307 g/mol. The standard InChI is InChI=1S/C16H25N3O3/c1-3-5-7-15(21)9-16(22-12-15)10-18(11-16)14(20)13-6-8-19(4-2)17-13/h6,8,21H,3-5,7,9-12H2,1-2H3. The maximum absolute atomic E-state index is 12.4. The van der Waals surface area contributed by atoms with Crippen molar-refractivity contribution >= 4 is 5.91 Å². The number of carbonyl (C=O) groups excluding carboxylic acids is 1. The van der Waals surface area contributed by atoms with E-state index in [-0.39, 0.29) is 11.5 Å². The van der Waals surface area contributed by atoms with Crippen molar-refractivity contribution in [2.24, 2.45) is 0 Å². The van der Waals surface area contributed by atoms with Crippen LogP contribution in [0.5, 0.6) is 0 Å². The van der Waals surface area contributed by atoms with Gasteiger partial charge in [0, 0.05) is 19.2 Å². The first-order chi connectivity index (χ1) is 10.5. The fraction of sp³-hybridized carbons (Fsp3) is 0.750. The third-order valence-corrected chi connectivity index (χ3v) is 4.72. The number of hydrogen-bond acceptors (Lipinski definition) is 4. The molecule has 1 unspecified atom stereocenters. The molecule has 0 saturated carbocycles. The topological polar surface area (TPSA) is 67.6 Å². The molecule has 6 heteroatoms. The maximum Gasteiger partial charge on any atom is 0.274 e. The zero-order valence-corrected chi connectivity index (χ0v) is 13.4. The highest BCUT2D eigenvalue weighted by Gasteiger charge is 2.56. The Kier molecular flexibility index (Phi) is 3.99. The van der Waals surface area contributed by atoms with E-state index in [0.29, 0.717) is 31.8 Å². The molecule has 0 bridgehead atoms. The lowest BCUT2D eigenvalue weighted by Gasteiger charge is -2.47. The summed E-state index contributed by atoms with van der Waals surface area (Å²) in [7, 11) is 0. The number of ether oxygens (including phenoxy) is 1. The van der Waals surface area contributed by atoms with E-state index in [1.165, 1.54) is 0 Å². The molecule has 0 aliphatic carbocycles. The van der Waals surface area contributed by atoms with Crippen molar-refractivity contribution in [3.8, 4) is 0 Å². The van der Waals surface area contributed by atoms with Gasteiger partial charge in [0.15, 0.2) is 0 Å². The summed E-state index contributed by atoms with van der Waals surface area (Å²) < 4.78 is 7.61. The molecule has 3 heterocycles. The monoisotopic (exact) mass is 307 g/mol. The smallest absolute Gasteiger partial charge is 0.274 e. The lowest BCUT2D eigenvalue weighted by Crippen LogP contribution is -2.63. The van der Waals surface area contributed by atoms with Gasteiger partial charge in [0.2, 0.25) is 0 Å². The van der Waals surface area contributed by atoms with Gasteiger partial charge in [-0.25, -0.2) is 0 Å². The Hall–Kier alpha value is -1.40. The molecule has 2 aliphatic rings. The van der Waals surface area contributed by atoms with Crippen LogP contribution in [0.25, 0.3) is 0 Å². The fourth-order valence-electron chi connectivity index (χ4n) is 3.47. The second-order valence-electron chi connectivity index (χ2n) is 6.69. The number of aryl methyl sites for hydroxylation is 1. The number of rotatable bonds is 5. The van der Waals surface area contributed by atoms with Crippen LogP contribution in [0.3, 0.4) is 0 Å². The number of likely N-dealkylation sites (tertiary alicyclic amines) is 1. The molecule has 1 atom stereocenters. The minimum absolute atomic E-state index is 0.0505. The third kappa shape index (κ3) is 2.77. The molecule has 22 heavy (non-hydrogen) atoms. The zero-order chi connectivity index (χ0) is 15.8. The van der Waals surface area contributed by atoms with Gasteiger partial charge in [-0.3, -0.25) is 9.48 Å². The van der Waals surface area contributed by atoms with Gasteiger partial charge in [-0.05, 0) is 19.4 Å². The first-order valence-electron chi connectivity index (χ1n) is 8.18. The van der Waals surface area contributed by atoms with E-state index in [1.807, 2.05) is 13.1 Å². The fourth-order valence-corrected chi connectivity index (χ4v) is 3.47.